The van der Waals surface area contributed by atoms with Crippen molar-refractivity contribution in [3.63, 3.8) is 0 Å². The molecule has 2 aromatic heterocycles. The lowest BCUT2D eigenvalue weighted by molar-refractivity contribution is -0.138. The van der Waals surface area contributed by atoms with Gasteiger partial charge in [0, 0.05) is 69.3 Å². The number of ether oxygens (including phenoxy) is 2. The molecule has 0 unspecified atom stereocenters. The van der Waals surface area contributed by atoms with E-state index in [0.717, 1.165) is 84.3 Å². The highest BCUT2D eigenvalue weighted by Crippen LogP contribution is 2.38. The van der Waals surface area contributed by atoms with Gasteiger partial charge in [0.2, 0.25) is 5.95 Å². The number of morpholine rings is 1. The van der Waals surface area contributed by atoms with E-state index in [1.807, 2.05) is 6.92 Å². The van der Waals surface area contributed by atoms with E-state index in [1.165, 1.54) is 18.5 Å². The summed E-state index contributed by atoms with van der Waals surface area (Å²) in [4.78, 5) is 38.3. The fourth-order valence-corrected chi connectivity index (χ4v) is 5.60. The number of nitrogens with zero attached hydrogens (tertiary/aromatic N) is 7. The number of alkyl halides is 3. The number of anilines is 4. The highest BCUT2D eigenvalue weighted by atomic mass is 19.4. The number of carbonyl (C=O) groups excluding carboxylic acids is 1. The molecule has 47 heavy (non-hydrogen) atoms. The molecule has 0 atom stereocenters. The van der Waals surface area contributed by atoms with Crippen LogP contribution < -0.4 is 20.3 Å². The molecule has 2 saturated heterocycles. The van der Waals surface area contributed by atoms with Crippen molar-refractivity contribution in [1.29, 1.82) is 0 Å². The molecule has 12 nitrogen and oxygen atoms in total. The van der Waals surface area contributed by atoms with E-state index in [9.17, 15) is 18.0 Å². The number of benzene rings is 2. The lowest BCUT2D eigenvalue weighted by Gasteiger charge is -2.36. The van der Waals surface area contributed by atoms with Crippen molar-refractivity contribution < 1.29 is 27.4 Å². The molecule has 4 heterocycles. The summed E-state index contributed by atoms with van der Waals surface area (Å²) in [5, 5.41) is 5.83. The Morgan fingerprint density at radius 1 is 0.957 bits per heavy atom. The van der Waals surface area contributed by atoms with Crippen molar-refractivity contribution in [2.45, 2.75) is 13.1 Å². The van der Waals surface area contributed by atoms with E-state index in [0.29, 0.717) is 28.5 Å². The summed E-state index contributed by atoms with van der Waals surface area (Å²) in [7, 11) is 1.16. The fourth-order valence-electron chi connectivity index (χ4n) is 5.60. The number of methoxy groups -OCH3 is 1. The van der Waals surface area contributed by atoms with Crippen LogP contribution in [0.1, 0.15) is 21.5 Å². The molecule has 6 rings (SSSR count). The first-order valence-electron chi connectivity index (χ1n) is 15.4. The zero-order chi connectivity index (χ0) is 33.0. The number of hydrogen-bond acceptors (Lipinski definition) is 11. The van der Waals surface area contributed by atoms with E-state index in [4.69, 9.17) is 14.5 Å². The maximum atomic E-state index is 13.5. The van der Waals surface area contributed by atoms with Crippen molar-refractivity contribution >= 4 is 40.1 Å². The summed E-state index contributed by atoms with van der Waals surface area (Å²) in [6.07, 6.45) is -1.56. The third-order valence-electron chi connectivity index (χ3n) is 8.37. The number of nitrogens with one attached hydrogen (secondary N) is 2. The van der Waals surface area contributed by atoms with Crippen molar-refractivity contribution in [3.8, 4) is 5.75 Å². The van der Waals surface area contributed by atoms with Gasteiger partial charge in [0.05, 0.1) is 32.1 Å². The number of piperazine rings is 1. The van der Waals surface area contributed by atoms with Gasteiger partial charge in [-0.05, 0) is 42.8 Å². The molecular weight excluding hydrogens is 615 g/mol. The van der Waals surface area contributed by atoms with Gasteiger partial charge in [-0.2, -0.15) is 13.2 Å². The minimum atomic E-state index is -4.64. The van der Waals surface area contributed by atoms with Crippen LogP contribution in [0, 0.1) is 6.92 Å². The smallest absolute Gasteiger partial charge is 0.420 e. The molecule has 0 bridgehead atoms. The molecular formula is C32H36F3N9O3. The van der Waals surface area contributed by atoms with Gasteiger partial charge in [0.15, 0.2) is 5.82 Å². The predicted molar refractivity (Wildman–Crippen MR) is 171 cm³/mol. The second kappa shape index (κ2) is 14.0. The van der Waals surface area contributed by atoms with Gasteiger partial charge < -0.3 is 25.0 Å². The van der Waals surface area contributed by atoms with Crippen LogP contribution >= 0.6 is 0 Å². The summed E-state index contributed by atoms with van der Waals surface area (Å²) >= 11 is 0. The second-order valence-electron chi connectivity index (χ2n) is 11.4. The van der Waals surface area contributed by atoms with Crippen LogP contribution in [0.15, 0.2) is 48.9 Å². The first-order valence-corrected chi connectivity index (χ1v) is 15.4. The molecule has 2 aliphatic heterocycles. The third-order valence-corrected chi connectivity index (χ3v) is 8.37. The van der Waals surface area contributed by atoms with Crippen LogP contribution in [0.5, 0.6) is 5.75 Å². The zero-order valence-corrected chi connectivity index (χ0v) is 26.2. The number of carbonyl (C=O) groups is 1. The van der Waals surface area contributed by atoms with Crippen molar-refractivity contribution in [3.05, 3.63) is 65.6 Å². The number of rotatable bonds is 9. The number of fused-ring (bicyclic) bond motifs is 1. The molecule has 2 aromatic carbocycles. The van der Waals surface area contributed by atoms with Crippen LogP contribution in [-0.2, 0) is 10.9 Å². The van der Waals surface area contributed by atoms with Gasteiger partial charge in [-0.3, -0.25) is 14.6 Å². The van der Waals surface area contributed by atoms with Gasteiger partial charge in [0.1, 0.15) is 23.1 Å². The number of aromatic nitrogens is 4. The third kappa shape index (κ3) is 7.69. The molecule has 4 aromatic rings. The lowest BCUT2D eigenvalue weighted by Crippen LogP contribution is -2.49. The number of halogens is 3. The molecule has 15 heteroatoms. The average Bonchev–Trinajstić information content (AvgIpc) is 3.08. The van der Waals surface area contributed by atoms with E-state index in [-0.39, 0.29) is 17.0 Å². The quantitative estimate of drug-likeness (QED) is 0.271. The van der Waals surface area contributed by atoms with E-state index in [1.54, 1.807) is 24.4 Å². The van der Waals surface area contributed by atoms with Gasteiger partial charge >= 0.3 is 6.18 Å². The standard InChI is InChI=1S/C32H36F3N9O3/c1-21-3-4-22(30(45)39-23-5-6-27(46-2)24(18-23)32(33,34)35)17-25(21)40-29-28-26(37-20-38-29)19-36-31(41-28)44-11-9-42(10-12-44)7-8-43-13-15-47-16-14-43/h3-6,17-20H,7-16H2,1-2H3,(H,39,45)(H,37,38,40). The summed E-state index contributed by atoms with van der Waals surface area (Å²) in [6.45, 7) is 10.9. The van der Waals surface area contributed by atoms with Gasteiger partial charge in [0.25, 0.3) is 5.91 Å². The fraction of sp³-hybridized carbons (Fsp3) is 0.406. The molecule has 0 radical (unpaired) electrons. The Hall–Kier alpha value is -4.60. The minimum absolute atomic E-state index is 0.0119. The van der Waals surface area contributed by atoms with Crippen molar-refractivity contribution in [1.82, 2.24) is 29.7 Å². The Labute approximate surface area is 269 Å². The molecule has 0 spiro atoms. The van der Waals surface area contributed by atoms with Crippen molar-refractivity contribution in [2.75, 3.05) is 88.2 Å². The van der Waals surface area contributed by atoms with Gasteiger partial charge in [-0.15, -0.1) is 0 Å². The van der Waals surface area contributed by atoms with E-state index < -0.39 is 17.6 Å². The molecule has 248 valence electrons. The van der Waals surface area contributed by atoms with Crippen molar-refractivity contribution in [2.24, 2.45) is 0 Å². The topological polar surface area (TPSA) is 121 Å². The predicted octanol–water partition coefficient (Wildman–Crippen LogP) is 4.21. The maximum absolute atomic E-state index is 13.5. The maximum Gasteiger partial charge on any atom is 0.420 e. The second-order valence-corrected chi connectivity index (χ2v) is 11.4. The van der Waals surface area contributed by atoms with Crippen LogP contribution in [0.2, 0.25) is 0 Å². The molecule has 0 saturated carbocycles. The summed E-state index contributed by atoms with van der Waals surface area (Å²) in [6, 6.07) is 8.33. The van der Waals surface area contributed by atoms with Gasteiger partial charge in [-0.1, -0.05) is 6.07 Å². The molecule has 2 fully saturated rings. The first-order chi connectivity index (χ1) is 22.7. The largest absolute Gasteiger partial charge is 0.496 e. The number of hydrogen-bond donors (Lipinski definition) is 2. The van der Waals surface area contributed by atoms with E-state index >= 15 is 0 Å². The number of aryl methyl sites for hydroxylation is 1. The Morgan fingerprint density at radius 2 is 1.70 bits per heavy atom. The molecule has 0 aliphatic carbocycles. The highest BCUT2D eigenvalue weighted by molar-refractivity contribution is 6.05. The Balaban J connectivity index is 1.15. The monoisotopic (exact) mass is 651 g/mol. The van der Waals surface area contributed by atoms with E-state index in [2.05, 4.69) is 40.3 Å². The molecule has 2 aliphatic rings. The molecule has 2 N–H and O–H groups in total. The summed E-state index contributed by atoms with van der Waals surface area (Å²) < 4.78 is 50.8. The zero-order valence-electron chi connectivity index (χ0n) is 26.2. The minimum Gasteiger partial charge on any atom is -0.496 e. The SMILES string of the molecule is COc1ccc(NC(=O)c2ccc(C)c(Nc3ncnc4cnc(N5CCN(CCN6CCOCC6)CC5)nc34)c2)cc1C(F)(F)F. The molecule has 1 amide bonds. The normalized spacial score (nSPS) is 16.3. The van der Waals surface area contributed by atoms with Crippen LogP contribution in [-0.4, -0.2) is 108 Å². The Morgan fingerprint density at radius 3 is 2.43 bits per heavy atom. The van der Waals surface area contributed by atoms with Crippen LogP contribution in [0.4, 0.5) is 36.3 Å². The first kappa shape index (κ1) is 32.3. The average molecular weight is 652 g/mol. The van der Waals surface area contributed by atoms with Crippen LogP contribution in [0.3, 0.4) is 0 Å². The Bertz CT molecular complexity index is 1730. The van der Waals surface area contributed by atoms with Crippen LogP contribution in [0.25, 0.3) is 11.0 Å². The summed E-state index contributed by atoms with van der Waals surface area (Å²) in [5.74, 6) is 0.120. The Kier molecular flexibility index (Phi) is 9.66. The summed E-state index contributed by atoms with van der Waals surface area (Å²) in [5.41, 5.74) is 1.73. The van der Waals surface area contributed by atoms with Gasteiger partial charge in [-0.25, -0.2) is 19.9 Å². The highest BCUT2D eigenvalue weighted by Gasteiger charge is 2.34. The lowest BCUT2D eigenvalue weighted by atomic mass is 10.1. The number of amides is 1.